The molecular formula is C10H15NOS. The van der Waals surface area contributed by atoms with Crippen molar-refractivity contribution in [1.29, 1.82) is 0 Å². The number of nitrogens with zero attached hydrogens (tertiary/aromatic N) is 1. The monoisotopic (exact) mass is 197 g/mol. The van der Waals surface area contributed by atoms with Crippen molar-refractivity contribution in [2.45, 2.75) is 19.0 Å². The van der Waals surface area contributed by atoms with E-state index in [0.717, 1.165) is 18.3 Å². The van der Waals surface area contributed by atoms with Gasteiger partial charge in [0, 0.05) is 11.8 Å². The molecule has 1 atom stereocenters. The minimum Gasteiger partial charge on any atom is -0.468 e. The predicted molar refractivity (Wildman–Crippen MR) is 55.9 cm³/mol. The molecule has 1 aliphatic rings. The van der Waals surface area contributed by atoms with Gasteiger partial charge < -0.3 is 4.42 Å². The summed E-state index contributed by atoms with van der Waals surface area (Å²) in [5.74, 6) is 3.66. The van der Waals surface area contributed by atoms with Gasteiger partial charge in [0.25, 0.3) is 0 Å². The van der Waals surface area contributed by atoms with Gasteiger partial charge >= 0.3 is 0 Å². The summed E-state index contributed by atoms with van der Waals surface area (Å²) in [6.45, 7) is 0.943. The number of rotatable bonds is 3. The van der Waals surface area contributed by atoms with Crippen LogP contribution in [-0.2, 0) is 6.54 Å². The van der Waals surface area contributed by atoms with Crippen LogP contribution in [0.15, 0.2) is 22.8 Å². The highest BCUT2D eigenvalue weighted by molar-refractivity contribution is 7.99. The maximum absolute atomic E-state index is 5.32. The van der Waals surface area contributed by atoms with E-state index in [-0.39, 0.29) is 0 Å². The molecule has 1 saturated heterocycles. The van der Waals surface area contributed by atoms with E-state index in [1.54, 1.807) is 6.26 Å². The van der Waals surface area contributed by atoms with Crippen molar-refractivity contribution in [2.75, 3.05) is 18.6 Å². The van der Waals surface area contributed by atoms with Crippen molar-refractivity contribution in [3.63, 3.8) is 0 Å². The van der Waals surface area contributed by atoms with Crippen molar-refractivity contribution >= 4 is 11.8 Å². The third kappa shape index (κ3) is 2.29. The molecule has 2 heterocycles. The van der Waals surface area contributed by atoms with Gasteiger partial charge in [0.15, 0.2) is 0 Å². The molecule has 1 aromatic heterocycles. The third-order valence-electron chi connectivity index (χ3n) is 2.51. The van der Waals surface area contributed by atoms with Crippen LogP contribution in [0, 0.1) is 0 Å². The molecule has 0 bridgehead atoms. The predicted octanol–water partition coefficient (Wildman–Crippen LogP) is 2.22. The minimum absolute atomic E-state index is 0.745. The number of thioether (sulfide) groups is 1. The fourth-order valence-corrected chi connectivity index (χ4v) is 2.95. The second-order valence-electron chi connectivity index (χ2n) is 3.51. The molecule has 1 unspecified atom stereocenters. The molecule has 1 aliphatic heterocycles. The lowest BCUT2D eigenvalue weighted by atomic mass is 10.2. The van der Waals surface area contributed by atoms with Crippen LogP contribution in [0.4, 0.5) is 0 Å². The zero-order valence-electron chi connectivity index (χ0n) is 7.90. The summed E-state index contributed by atoms with van der Waals surface area (Å²) in [5, 5.41) is 0. The van der Waals surface area contributed by atoms with Gasteiger partial charge in [-0.05, 0) is 31.4 Å². The summed E-state index contributed by atoms with van der Waals surface area (Å²) in [6.07, 6.45) is 3.06. The summed E-state index contributed by atoms with van der Waals surface area (Å²) < 4.78 is 5.32. The van der Waals surface area contributed by atoms with Gasteiger partial charge in [0.2, 0.25) is 0 Å². The van der Waals surface area contributed by atoms with Crippen LogP contribution in [0.2, 0.25) is 0 Å². The molecule has 13 heavy (non-hydrogen) atoms. The normalized spacial score (nSPS) is 22.8. The fraction of sp³-hybridized carbons (Fsp3) is 0.600. The Morgan fingerprint density at radius 2 is 2.62 bits per heavy atom. The molecule has 0 radical (unpaired) electrons. The van der Waals surface area contributed by atoms with Gasteiger partial charge in [-0.25, -0.2) is 0 Å². The number of hydrogen-bond acceptors (Lipinski definition) is 3. The molecule has 0 N–H and O–H groups in total. The second kappa shape index (κ2) is 4.20. The molecule has 0 amide bonds. The van der Waals surface area contributed by atoms with Crippen molar-refractivity contribution in [3.8, 4) is 0 Å². The van der Waals surface area contributed by atoms with E-state index in [2.05, 4.69) is 23.7 Å². The van der Waals surface area contributed by atoms with Gasteiger partial charge in [0.05, 0.1) is 12.8 Å². The second-order valence-corrected chi connectivity index (χ2v) is 4.66. The Labute approximate surface area is 83.3 Å². The van der Waals surface area contributed by atoms with Gasteiger partial charge in [-0.3, -0.25) is 4.90 Å². The highest BCUT2D eigenvalue weighted by Crippen LogP contribution is 2.22. The number of hydrogen-bond donors (Lipinski definition) is 0. The summed E-state index contributed by atoms with van der Waals surface area (Å²) >= 11 is 2.05. The Bertz CT molecular complexity index is 241. The Kier molecular flexibility index (Phi) is 2.96. The summed E-state index contributed by atoms with van der Waals surface area (Å²) in [6, 6.07) is 4.74. The summed E-state index contributed by atoms with van der Waals surface area (Å²) in [7, 11) is 2.18. The fourth-order valence-electron chi connectivity index (χ4n) is 1.65. The van der Waals surface area contributed by atoms with E-state index in [1.165, 1.54) is 17.9 Å². The maximum atomic E-state index is 5.32. The van der Waals surface area contributed by atoms with Crippen LogP contribution in [0.3, 0.4) is 0 Å². The lowest BCUT2D eigenvalue weighted by molar-refractivity contribution is 0.234. The van der Waals surface area contributed by atoms with E-state index in [0.29, 0.717) is 0 Å². The Morgan fingerprint density at radius 1 is 1.69 bits per heavy atom. The largest absolute Gasteiger partial charge is 0.468 e. The van der Waals surface area contributed by atoms with Crippen molar-refractivity contribution in [3.05, 3.63) is 24.2 Å². The first-order valence-corrected chi connectivity index (χ1v) is 5.82. The van der Waals surface area contributed by atoms with Crippen LogP contribution in [-0.4, -0.2) is 29.5 Å². The highest BCUT2D eigenvalue weighted by Gasteiger charge is 2.20. The first kappa shape index (κ1) is 9.16. The molecule has 0 aromatic carbocycles. The Hall–Kier alpha value is -0.410. The lowest BCUT2D eigenvalue weighted by Gasteiger charge is -2.21. The summed E-state index contributed by atoms with van der Waals surface area (Å²) in [4.78, 5) is 2.39. The Balaban J connectivity index is 1.87. The van der Waals surface area contributed by atoms with Crippen LogP contribution in [0.1, 0.15) is 12.2 Å². The van der Waals surface area contributed by atoms with E-state index in [1.807, 2.05) is 12.1 Å². The molecule has 1 fully saturated rings. The standard InChI is InChI=1S/C10H15NOS/c1-11(9-4-6-13-8-9)7-10-3-2-5-12-10/h2-3,5,9H,4,6-8H2,1H3. The minimum atomic E-state index is 0.745. The van der Waals surface area contributed by atoms with Gasteiger partial charge in [-0.2, -0.15) is 11.8 Å². The first-order chi connectivity index (χ1) is 6.36. The SMILES string of the molecule is CN(Cc1ccco1)C1CCSC1. The molecule has 0 spiro atoms. The Morgan fingerprint density at radius 3 is 3.23 bits per heavy atom. The molecule has 72 valence electrons. The molecule has 1 aromatic rings. The topological polar surface area (TPSA) is 16.4 Å². The van der Waals surface area contributed by atoms with E-state index >= 15 is 0 Å². The third-order valence-corrected chi connectivity index (χ3v) is 3.66. The van der Waals surface area contributed by atoms with E-state index in [9.17, 15) is 0 Å². The zero-order chi connectivity index (χ0) is 9.10. The first-order valence-electron chi connectivity index (χ1n) is 4.66. The average Bonchev–Trinajstić information content (AvgIpc) is 2.74. The van der Waals surface area contributed by atoms with Crippen molar-refractivity contribution < 1.29 is 4.42 Å². The van der Waals surface area contributed by atoms with Crippen molar-refractivity contribution in [2.24, 2.45) is 0 Å². The maximum Gasteiger partial charge on any atom is 0.117 e. The lowest BCUT2D eigenvalue weighted by Crippen LogP contribution is -2.30. The molecule has 0 saturated carbocycles. The van der Waals surface area contributed by atoms with Crippen molar-refractivity contribution in [1.82, 2.24) is 4.90 Å². The van der Waals surface area contributed by atoms with Crippen LogP contribution in [0.25, 0.3) is 0 Å². The number of furan rings is 1. The van der Waals surface area contributed by atoms with Gasteiger partial charge in [-0.1, -0.05) is 0 Å². The summed E-state index contributed by atoms with van der Waals surface area (Å²) in [5.41, 5.74) is 0. The highest BCUT2D eigenvalue weighted by atomic mass is 32.2. The molecule has 2 rings (SSSR count). The average molecular weight is 197 g/mol. The van der Waals surface area contributed by atoms with Crippen LogP contribution < -0.4 is 0 Å². The molecule has 2 nitrogen and oxygen atoms in total. The van der Waals surface area contributed by atoms with Crippen LogP contribution >= 0.6 is 11.8 Å². The molecule has 3 heteroatoms. The zero-order valence-corrected chi connectivity index (χ0v) is 8.72. The molecule has 0 aliphatic carbocycles. The smallest absolute Gasteiger partial charge is 0.117 e. The van der Waals surface area contributed by atoms with Gasteiger partial charge in [-0.15, -0.1) is 0 Å². The quantitative estimate of drug-likeness (QED) is 0.739. The van der Waals surface area contributed by atoms with Crippen LogP contribution in [0.5, 0.6) is 0 Å². The van der Waals surface area contributed by atoms with Gasteiger partial charge in [0.1, 0.15) is 5.76 Å². The molecular weight excluding hydrogens is 182 g/mol. The van der Waals surface area contributed by atoms with E-state index < -0.39 is 0 Å². The van der Waals surface area contributed by atoms with E-state index in [4.69, 9.17) is 4.42 Å².